The number of thioether (sulfide) groups is 1. The molecule has 0 aliphatic heterocycles. The molecular formula is C18H37NS. The summed E-state index contributed by atoms with van der Waals surface area (Å²) in [6, 6.07) is 0.751. The van der Waals surface area contributed by atoms with Gasteiger partial charge in [0.25, 0.3) is 0 Å². The molecule has 1 rings (SSSR count). The summed E-state index contributed by atoms with van der Waals surface area (Å²) in [6.07, 6.45) is 18.7. The van der Waals surface area contributed by atoms with Gasteiger partial charge >= 0.3 is 0 Å². The van der Waals surface area contributed by atoms with Gasteiger partial charge in [0.05, 0.1) is 0 Å². The van der Waals surface area contributed by atoms with E-state index in [4.69, 9.17) is 0 Å². The molecule has 1 aliphatic rings. The molecule has 0 aromatic heterocycles. The summed E-state index contributed by atoms with van der Waals surface area (Å²) in [5.41, 5.74) is 0. The summed E-state index contributed by atoms with van der Waals surface area (Å²) in [5.74, 6) is 1.37. The zero-order valence-corrected chi connectivity index (χ0v) is 14.8. The van der Waals surface area contributed by atoms with E-state index in [1.165, 1.54) is 89.2 Å². The fraction of sp³-hybridized carbons (Fsp3) is 1.00. The van der Waals surface area contributed by atoms with Gasteiger partial charge in [-0.25, -0.2) is 0 Å². The lowest BCUT2D eigenvalue weighted by atomic mass is 9.97. The summed E-state index contributed by atoms with van der Waals surface area (Å²) in [5, 5.41) is 4.48. The zero-order chi connectivity index (χ0) is 14.5. The van der Waals surface area contributed by atoms with Crippen LogP contribution in [0.3, 0.4) is 0 Å². The van der Waals surface area contributed by atoms with E-state index in [0.29, 0.717) is 0 Å². The second-order valence-corrected chi connectivity index (χ2v) is 7.76. The Morgan fingerprint density at radius 3 is 2.05 bits per heavy atom. The van der Waals surface area contributed by atoms with Crippen LogP contribution in [0.2, 0.25) is 0 Å². The zero-order valence-electron chi connectivity index (χ0n) is 14.0. The molecule has 0 heterocycles. The highest BCUT2D eigenvalue weighted by molar-refractivity contribution is 7.99. The van der Waals surface area contributed by atoms with Crippen LogP contribution in [0.1, 0.15) is 90.4 Å². The first-order valence-corrected chi connectivity index (χ1v) is 10.2. The Balaban J connectivity index is 2.38. The summed E-state index contributed by atoms with van der Waals surface area (Å²) >= 11 is 2.26. The number of hydrogen-bond acceptors (Lipinski definition) is 2. The SMILES string of the molecule is CCCCCSC1CCCCCCCCCCC1NC. The third-order valence-corrected chi connectivity index (χ3v) is 6.17. The summed E-state index contributed by atoms with van der Waals surface area (Å²) in [7, 11) is 2.18. The molecule has 0 amide bonds. The van der Waals surface area contributed by atoms with E-state index in [1.807, 2.05) is 0 Å². The topological polar surface area (TPSA) is 12.0 Å². The van der Waals surface area contributed by atoms with Crippen molar-refractivity contribution in [2.24, 2.45) is 0 Å². The molecule has 1 aliphatic carbocycles. The van der Waals surface area contributed by atoms with Crippen molar-refractivity contribution in [2.45, 2.75) is 102 Å². The average molecular weight is 300 g/mol. The predicted octanol–water partition coefficient (Wildman–Crippen LogP) is 5.78. The molecule has 2 unspecified atom stereocenters. The predicted molar refractivity (Wildman–Crippen MR) is 94.8 cm³/mol. The highest BCUT2D eigenvalue weighted by atomic mass is 32.2. The largest absolute Gasteiger partial charge is 0.316 e. The van der Waals surface area contributed by atoms with E-state index in [2.05, 4.69) is 31.1 Å². The lowest BCUT2D eigenvalue weighted by Crippen LogP contribution is -2.36. The van der Waals surface area contributed by atoms with Gasteiger partial charge < -0.3 is 5.32 Å². The van der Waals surface area contributed by atoms with Gasteiger partial charge in [-0.1, -0.05) is 71.1 Å². The Labute approximate surface area is 132 Å². The lowest BCUT2D eigenvalue weighted by molar-refractivity contribution is 0.434. The fourth-order valence-corrected chi connectivity index (χ4v) is 4.79. The maximum absolute atomic E-state index is 3.63. The van der Waals surface area contributed by atoms with Crippen LogP contribution in [0.25, 0.3) is 0 Å². The quantitative estimate of drug-likeness (QED) is 0.624. The normalized spacial score (nSPS) is 26.7. The van der Waals surface area contributed by atoms with Crippen LogP contribution < -0.4 is 5.32 Å². The Morgan fingerprint density at radius 1 is 0.850 bits per heavy atom. The molecule has 1 N–H and O–H groups in total. The van der Waals surface area contributed by atoms with Crippen LogP contribution >= 0.6 is 11.8 Å². The molecule has 2 atom stereocenters. The van der Waals surface area contributed by atoms with E-state index in [1.54, 1.807) is 0 Å². The maximum Gasteiger partial charge on any atom is 0.0201 e. The van der Waals surface area contributed by atoms with Crippen molar-refractivity contribution in [3.63, 3.8) is 0 Å². The van der Waals surface area contributed by atoms with Crippen LogP contribution in [0.15, 0.2) is 0 Å². The lowest BCUT2D eigenvalue weighted by Gasteiger charge is -2.27. The molecular weight excluding hydrogens is 262 g/mol. The van der Waals surface area contributed by atoms with Crippen molar-refractivity contribution in [3.05, 3.63) is 0 Å². The van der Waals surface area contributed by atoms with E-state index < -0.39 is 0 Å². The number of unbranched alkanes of at least 4 members (excludes halogenated alkanes) is 2. The van der Waals surface area contributed by atoms with Crippen molar-refractivity contribution in [1.29, 1.82) is 0 Å². The second kappa shape index (κ2) is 13.0. The van der Waals surface area contributed by atoms with E-state index in [0.717, 1.165) is 11.3 Å². The Kier molecular flexibility index (Phi) is 11.9. The van der Waals surface area contributed by atoms with Crippen molar-refractivity contribution in [2.75, 3.05) is 12.8 Å². The first-order chi connectivity index (χ1) is 9.88. The third kappa shape index (κ3) is 8.56. The standard InChI is InChI=1S/C18H37NS/c1-3-4-13-16-20-18-15-12-10-8-6-5-7-9-11-14-17(18)19-2/h17-19H,3-16H2,1-2H3. The minimum Gasteiger partial charge on any atom is -0.316 e. The van der Waals surface area contributed by atoms with Crippen LogP contribution in [0.4, 0.5) is 0 Å². The molecule has 1 saturated carbocycles. The molecule has 0 spiro atoms. The number of hydrogen-bond donors (Lipinski definition) is 1. The van der Waals surface area contributed by atoms with Crippen LogP contribution in [0.5, 0.6) is 0 Å². The Bertz CT molecular complexity index is 206. The van der Waals surface area contributed by atoms with Crippen molar-refractivity contribution in [3.8, 4) is 0 Å². The van der Waals surface area contributed by atoms with Gasteiger partial charge in [-0.05, 0) is 32.1 Å². The second-order valence-electron chi connectivity index (χ2n) is 6.42. The third-order valence-electron chi connectivity index (χ3n) is 4.65. The molecule has 0 radical (unpaired) electrons. The van der Waals surface area contributed by atoms with Gasteiger partial charge in [0.1, 0.15) is 0 Å². The first kappa shape index (κ1) is 18.4. The molecule has 1 fully saturated rings. The van der Waals surface area contributed by atoms with Gasteiger partial charge in [0, 0.05) is 11.3 Å². The summed E-state index contributed by atoms with van der Waals surface area (Å²) in [6.45, 7) is 2.30. The van der Waals surface area contributed by atoms with Crippen molar-refractivity contribution >= 4 is 11.8 Å². The Morgan fingerprint density at radius 2 is 1.45 bits per heavy atom. The van der Waals surface area contributed by atoms with Gasteiger partial charge in [-0.3, -0.25) is 0 Å². The molecule has 0 aromatic rings. The van der Waals surface area contributed by atoms with Crippen LogP contribution in [-0.4, -0.2) is 24.1 Å². The average Bonchev–Trinajstić information content (AvgIpc) is 2.46. The highest BCUT2D eigenvalue weighted by Crippen LogP contribution is 2.26. The molecule has 0 saturated heterocycles. The number of rotatable bonds is 6. The van der Waals surface area contributed by atoms with Gasteiger partial charge in [-0.2, -0.15) is 11.8 Å². The minimum absolute atomic E-state index is 0.751. The smallest absolute Gasteiger partial charge is 0.0201 e. The van der Waals surface area contributed by atoms with Crippen molar-refractivity contribution in [1.82, 2.24) is 5.32 Å². The van der Waals surface area contributed by atoms with E-state index in [9.17, 15) is 0 Å². The van der Waals surface area contributed by atoms with Crippen molar-refractivity contribution < 1.29 is 0 Å². The Hall–Kier alpha value is 0.310. The fourth-order valence-electron chi connectivity index (χ4n) is 3.27. The maximum atomic E-state index is 3.63. The van der Waals surface area contributed by atoms with Gasteiger partial charge in [0.15, 0.2) is 0 Å². The minimum atomic E-state index is 0.751. The molecule has 20 heavy (non-hydrogen) atoms. The van der Waals surface area contributed by atoms with Gasteiger partial charge in [0.2, 0.25) is 0 Å². The molecule has 1 nitrogen and oxygen atoms in total. The monoisotopic (exact) mass is 299 g/mol. The molecule has 0 aromatic carbocycles. The van der Waals surface area contributed by atoms with E-state index >= 15 is 0 Å². The summed E-state index contributed by atoms with van der Waals surface area (Å²) < 4.78 is 0. The molecule has 0 bridgehead atoms. The van der Waals surface area contributed by atoms with Gasteiger partial charge in [-0.15, -0.1) is 0 Å². The first-order valence-electron chi connectivity index (χ1n) is 9.17. The highest BCUT2D eigenvalue weighted by Gasteiger charge is 2.19. The van der Waals surface area contributed by atoms with Crippen LogP contribution in [-0.2, 0) is 0 Å². The number of nitrogens with one attached hydrogen (secondary N) is 1. The van der Waals surface area contributed by atoms with E-state index in [-0.39, 0.29) is 0 Å². The molecule has 2 heteroatoms. The van der Waals surface area contributed by atoms with Crippen LogP contribution in [0, 0.1) is 0 Å². The summed E-state index contributed by atoms with van der Waals surface area (Å²) in [4.78, 5) is 0. The molecule has 120 valence electrons.